The second-order valence-electron chi connectivity index (χ2n) is 8.79. The van der Waals surface area contributed by atoms with E-state index in [-0.39, 0.29) is 10.8 Å². The second kappa shape index (κ2) is 11.5. The van der Waals surface area contributed by atoms with E-state index in [0.29, 0.717) is 0 Å². The lowest BCUT2D eigenvalue weighted by Gasteiger charge is -2.25. The van der Waals surface area contributed by atoms with Crippen molar-refractivity contribution in [2.75, 3.05) is 6.61 Å². The first-order valence-electron chi connectivity index (χ1n) is 11.2. The van der Waals surface area contributed by atoms with E-state index in [1.807, 2.05) is 4.98 Å². The highest BCUT2D eigenvalue weighted by Gasteiger charge is 2.56. The van der Waals surface area contributed by atoms with Gasteiger partial charge in [0.05, 0.1) is 17.7 Å². The van der Waals surface area contributed by atoms with Gasteiger partial charge in [0.15, 0.2) is 11.9 Å². The van der Waals surface area contributed by atoms with Crippen LogP contribution in [0.4, 0.5) is 4.39 Å². The highest BCUT2D eigenvalue weighted by Crippen LogP contribution is 2.48. The van der Waals surface area contributed by atoms with Gasteiger partial charge in [0.2, 0.25) is 0 Å². The van der Waals surface area contributed by atoms with Crippen LogP contribution in [0.15, 0.2) is 46.1 Å². The van der Waals surface area contributed by atoms with E-state index in [9.17, 15) is 24.1 Å². The fraction of sp³-hybridized carbons (Fsp3) is 0.500. The number of para-hydroxylation sites is 1. The lowest BCUT2D eigenvalue weighted by molar-refractivity contribution is -0.149. The Labute approximate surface area is 216 Å². The summed E-state index contributed by atoms with van der Waals surface area (Å²) in [6.07, 6.45) is -4.33. The molecule has 12 nitrogen and oxygen atoms in total. The number of nitrogens with zero attached hydrogens (tertiary/aromatic N) is 1. The molecule has 0 spiro atoms. The van der Waals surface area contributed by atoms with Gasteiger partial charge in [-0.2, -0.15) is 5.09 Å². The van der Waals surface area contributed by atoms with E-state index >= 15 is 4.39 Å². The van der Waals surface area contributed by atoms with E-state index in [1.165, 1.54) is 19.1 Å². The molecule has 15 heteroatoms. The Morgan fingerprint density at radius 1 is 1.32 bits per heavy atom. The summed E-state index contributed by atoms with van der Waals surface area (Å²) in [5.41, 5.74) is -4.16. The third kappa shape index (κ3) is 6.86. The van der Waals surface area contributed by atoms with Crippen molar-refractivity contribution in [3.63, 3.8) is 0 Å². The summed E-state index contributed by atoms with van der Waals surface area (Å²) in [5.74, 6) is -0.780. The van der Waals surface area contributed by atoms with Gasteiger partial charge in [0.1, 0.15) is 24.0 Å². The Morgan fingerprint density at radius 2 is 2.00 bits per heavy atom. The lowest BCUT2D eigenvalue weighted by atomic mass is 9.98. The molecule has 204 valence electrons. The third-order valence-corrected chi connectivity index (χ3v) is 7.28. The molecule has 0 amide bonds. The summed E-state index contributed by atoms with van der Waals surface area (Å²) in [4.78, 5) is 37.8. The molecule has 1 fully saturated rings. The molecule has 2 aromatic rings. The normalized spacial score (nSPS) is 26.0. The number of benzene rings is 1. The second-order valence-corrected chi connectivity index (χ2v) is 10.9. The average Bonchev–Trinajstić information content (AvgIpc) is 3.02. The first-order chi connectivity index (χ1) is 17.2. The van der Waals surface area contributed by atoms with E-state index < -0.39 is 67.8 Å². The maximum atomic E-state index is 15.5. The van der Waals surface area contributed by atoms with Crippen LogP contribution in [-0.4, -0.2) is 57.3 Å². The number of hydrogen-bond acceptors (Lipinski definition) is 9. The van der Waals surface area contributed by atoms with E-state index in [1.54, 1.807) is 26.0 Å². The topological polar surface area (TPSA) is 158 Å². The minimum absolute atomic E-state index is 0.0367. The number of halogens is 2. The van der Waals surface area contributed by atoms with Gasteiger partial charge < -0.3 is 19.1 Å². The lowest BCUT2D eigenvalue weighted by Crippen LogP contribution is -2.43. The van der Waals surface area contributed by atoms with Crippen molar-refractivity contribution in [2.24, 2.45) is 0 Å². The van der Waals surface area contributed by atoms with Crippen LogP contribution in [0, 0.1) is 0 Å². The minimum atomic E-state index is -4.42. The number of carbonyl (C=O) groups excluding carboxylic acids is 1. The number of aromatic amines is 1. The van der Waals surface area contributed by atoms with Crippen LogP contribution < -0.4 is 20.9 Å². The van der Waals surface area contributed by atoms with E-state index in [0.717, 1.165) is 23.8 Å². The summed E-state index contributed by atoms with van der Waals surface area (Å²) in [7, 11) is -4.42. The number of aliphatic hydroxyl groups excluding tert-OH is 1. The maximum absolute atomic E-state index is 15.5. The van der Waals surface area contributed by atoms with Gasteiger partial charge in [-0.15, -0.1) is 0 Å². The number of hydrogen-bond donors (Lipinski definition) is 3. The van der Waals surface area contributed by atoms with Crippen molar-refractivity contribution < 1.29 is 37.4 Å². The number of rotatable bonds is 10. The molecule has 3 rings (SSSR count). The number of aliphatic hydroxyl groups is 1. The number of esters is 1. The van der Waals surface area contributed by atoms with Gasteiger partial charge in [0, 0.05) is 12.3 Å². The molecule has 6 atom stereocenters. The first kappa shape index (κ1) is 29.0. The number of ether oxygens (including phenoxy) is 2. The molecular formula is C22H28ClFN3O9P. The van der Waals surface area contributed by atoms with Crippen LogP contribution >= 0.6 is 19.3 Å². The van der Waals surface area contributed by atoms with Crippen LogP contribution in [0.5, 0.6) is 5.75 Å². The average molecular weight is 564 g/mol. The number of aromatic nitrogens is 2. The molecule has 0 bridgehead atoms. The summed E-state index contributed by atoms with van der Waals surface area (Å²) in [6.45, 7) is 4.96. The highest BCUT2D eigenvalue weighted by molar-refractivity contribution is 7.52. The Hall–Kier alpha value is -2.54. The molecule has 1 aromatic heterocycles. The van der Waals surface area contributed by atoms with Crippen LogP contribution in [0.1, 0.15) is 33.9 Å². The van der Waals surface area contributed by atoms with Gasteiger partial charge in [-0.1, -0.05) is 23.7 Å². The number of nitrogens with one attached hydrogen (secondary N) is 2. The molecule has 1 saturated heterocycles. The molecule has 2 unspecified atom stereocenters. The van der Waals surface area contributed by atoms with Gasteiger partial charge >= 0.3 is 19.4 Å². The number of alkyl halides is 1. The van der Waals surface area contributed by atoms with E-state index in [2.05, 4.69) is 5.09 Å². The molecular weight excluding hydrogens is 536 g/mol. The number of H-pyrrole nitrogens is 1. The zero-order valence-corrected chi connectivity index (χ0v) is 22.1. The van der Waals surface area contributed by atoms with Crippen LogP contribution in [-0.2, 0) is 23.4 Å². The predicted octanol–water partition coefficient (Wildman–Crippen LogP) is 2.31. The predicted molar refractivity (Wildman–Crippen MR) is 130 cm³/mol. The molecule has 0 saturated carbocycles. The fourth-order valence-electron chi connectivity index (χ4n) is 3.50. The monoisotopic (exact) mass is 563 g/mol. The quantitative estimate of drug-likeness (QED) is 0.289. The summed E-state index contributed by atoms with van der Waals surface area (Å²) < 4.78 is 51.5. The summed E-state index contributed by atoms with van der Waals surface area (Å²) in [5, 5.41) is 13.1. The molecule has 2 heterocycles. The summed E-state index contributed by atoms with van der Waals surface area (Å²) >= 11 is 6.11. The fourth-order valence-corrected chi connectivity index (χ4v) is 5.25. The number of carbonyl (C=O) groups is 1. The van der Waals surface area contributed by atoms with Crippen molar-refractivity contribution in [1.29, 1.82) is 0 Å². The van der Waals surface area contributed by atoms with Crippen LogP contribution in [0.2, 0.25) is 5.02 Å². The molecule has 0 radical (unpaired) electrons. The molecule has 37 heavy (non-hydrogen) atoms. The molecule has 1 aromatic carbocycles. The third-order valence-electron chi connectivity index (χ3n) is 5.34. The largest absolute Gasteiger partial charge is 0.462 e. The Kier molecular flexibility index (Phi) is 8.99. The first-order valence-corrected chi connectivity index (χ1v) is 13.2. The summed E-state index contributed by atoms with van der Waals surface area (Å²) in [6, 6.07) is 5.89. The Balaban J connectivity index is 1.83. The van der Waals surface area contributed by atoms with Crippen LogP contribution in [0.3, 0.4) is 0 Å². The van der Waals surface area contributed by atoms with Crippen molar-refractivity contribution in [2.45, 2.75) is 63.9 Å². The van der Waals surface area contributed by atoms with Gasteiger partial charge in [-0.3, -0.25) is 23.7 Å². The van der Waals surface area contributed by atoms with Crippen molar-refractivity contribution in [1.82, 2.24) is 14.6 Å². The highest BCUT2D eigenvalue weighted by atomic mass is 35.5. The molecule has 1 aliphatic rings. The maximum Gasteiger partial charge on any atom is 0.459 e. The smallest absolute Gasteiger partial charge is 0.459 e. The zero-order valence-electron chi connectivity index (χ0n) is 20.4. The molecule has 1 aliphatic heterocycles. The van der Waals surface area contributed by atoms with Crippen molar-refractivity contribution >= 4 is 25.3 Å². The van der Waals surface area contributed by atoms with Crippen molar-refractivity contribution in [3.05, 3.63) is 62.4 Å². The van der Waals surface area contributed by atoms with Gasteiger partial charge in [-0.05, 0) is 39.8 Å². The molecule has 0 aliphatic carbocycles. The van der Waals surface area contributed by atoms with Gasteiger partial charge in [-0.25, -0.2) is 13.8 Å². The van der Waals surface area contributed by atoms with Gasteiger partial charge in [0.25, 0.3) is 5.56 Å². The standard InChI is InChI=1S/C22H28ClFN3O9P/c1-12(2)34-19(30)13(3)26-37(32,36-15-8-6-5-7-14(15)23)33-11-16-18(29)22(4,24)20(35-16)27-10-9-17(28)25-21(27)31/h5-10,12-13,16,18,20,29H,11H2,1-4H3,(H,26,32)(H,25,28,31)/t13-,16?,18+,20+,22+,37?/m0/s1. The van der Waals surface area contributed by atoms with Crippen LogP contribution in [0.25, 0.3) is 0 Å². The SMILES string of the molecule is CC(C)OC(=O)[C@H](C)NP(=O)(OCC1O[C@@H](n2ccc(=O)[nH]c2=O)[C@](C)(F)[C@@H]1O)Oc1ccccc1Cl. The minimum Gasteiger partial charge on any atom is -0.462 e. The van der Waals surface area contributed by atoms with Crippen molar-refractivity contribution in [3.8, 4) is 5.75 Å². The van der Waals surface area contributed by atoms with E-state index in [4.69, 9.17) is 30.1 Å². The Bertz CT molecular complexity index is 1280. The zero-order chi connectivity index (χ0) is 27.5. The Morgan fingerprint density at radius 3 is 2.62 bits per heavy atom. The molecule has 3 N–H and O–H groups in total.